The van der Waals surface area contributed by atoms with Gasteiger partial charge in [-0.25, -0.2) is 17.9 Å². The van der Waals surface area contributed by atoms with Crippen molar-refractivity contribution in [3.8, 4) is 28.4 Å². The molecule has 10 nitrogen and oxygen atoms in total. The second kappa shape index (κ2) is 11.3. The van der Waals surface area contributed by atoms with Gasteiger partial charge in [0.15, 0.2) is 27.9 Å². The third kappa shape index (κ3) is 6.14. The Balaban J connectivity index is 1.32. The van der Waals surface area contributed by atoms with Crippen LogP contribution in [0, 0.1) is 0 Å². The first kappa shape index (κ1) is 26.5. The molecule has 1 unspecified atom stereocenters. The molecule has 5 rings (SSSR count). The first-order valence-corrected chi connectivity index (χ1v) is 14.5. The summed E-state index contributed by atoms with van der Waals surface area (Å²) in [6.07, 6.45) is 5.03. The van der Waals surface area contributed by atoms with E-state index in [2.05, 4.69) is 0 Å². The average molecular weight is 552 g/mol. The lowest BCUT2D eigenvalue weighted by atomic mass is 10.1. The largest absolute Gasteiger partial charge is 0.486 e. The summed E-state index contributed by atoms with van der Waals surface area (Å²) in [6.45, 7) is 2.59. The Kier molecular flexibility index (Phi) is 7.69. The zero-order valence-corrected chi connectivity index (χ0v) is 22.3. The third-order valence-corrected chi connectivity index (χ3v) is 8.38. The minimum absolute atomic E-state index is 0.0610. The van der Waals surface area contributed by atoms with E-state index < -0.39 is 28.3 Å². The maximum absolute atomic E-state index is 12.7. The van der Waals surface area contributed by atoms with E-state index in [-0.39, 0.29) is 17.5 Å². The first-order chi connectivity index (χ1) is 18.8. The fourth-order valence-electron chi connectivity index (χ4n) is 4.72. The molecule has 1 atom stereocenters. The number of hydrogen-bond acceptors (Lipinski definition) is 8. The number of aromatic nitrogens is 2. The number of carbonyl (C=O) groups is 2. The van der Waals surface area contributed by atoms with Gasteiger partial charge in [0.1, 0.15) is 18.9 Å². The van der Waals surface area contributed by atoms with Crippen LogP contribution < -0.4 is 9.47 Å². The van der Waals surface area contributed by atoms with Crippen LogP contribution in [0.2, 0.25) is 0 Å². The number of carbonyl (C=O) groups excluding carboxylic acids is 2. The van der Waals surface area contributed by atoms with Gasteiger partial charge in [-0.2, -0.15) is 5.10 Å². The first-order valence-electron chi connectivity index (χ1n) is 12.7. The van der Waals surface area contributed by atoms with Crippen LogP contribution in [0.15, 0.2) is 60.8 Å². The Hall–Kier alpha value is -4.12. The van der Waals surface area contributed by atoms with Crippen molar-refractivity contribution in [3.05, 3.63) is 66.4 Å². The van der Waals surface area contributed by atoms with Gasteiger partial charge in [-0.1, -0.05) is 18.2 Å². The van der Waals surface area contributed by atoms with Crippen LogP contribution in [0.1, 0.15) is 18.9 Å². The Labute approximate surface area is 226 Å². The summed E-state index contributed by atoms with van der Waals surface area (Å²) in [4.78, 5) is 26.7. The Morgan fingerprint density at radius 1 is 1.13 bits per heavy atom. The lowest BCUT2D eigenvalue weighted by Crippen LogP contribution is -2.43. The quantitative estimate of drug-likeness (QED) is 0.310. The molecular formula is C28H29N3O7S. The van der Waals surface area contributed by atoms with Crippen molar-refractivity contribution in [2.24, 2.45) is 0 Å². The number of sulfone groups is 1. The van der Waals surface area contributed by atoms with E-state index in [9.17, 15) is 18.0 Å². The van der Waals surface area contributed by atoms with Gasteiger partial charge in [0, 0.05) is 36.0 Å². The van der Waals surface area contributed by atoms with Crippen molar-refractivity contribution in [2.75, 3.05) is 37.9 Å². The second-order valence-electron chi connectivity index (χ2n) is 9.25. The van der Waals surface area contributed by atoms with Crippen molar-refractivity contribution < 1.29 is 32.2 Å². The standard InChI is InChI=1S/C28H29N3O7S/c1-2-30(23-12-15-39(34,35)19-23)26(32)18-38-27(33)11-9-21-17-31(22-6-4-3-5-7-22)29-28(21)20-8-10-24-25(16-20)37-14-13-36-24/h3-11,16-17,23H,2,12-15,18-19H2,1H3/b11-9+. The average Bonchev–Trinajstić information content (AvgIpc) is 3.54. The number of benzene rings is 2. The summed E-state index contributed by atoms with van der Waals surface area (Å²) in [5.74, 6) is 0.167. The van der Waals surface area contributed by atoms with Gasteiger partial charge in [-0.05, 0) is 49.8 Å². The van der Waals surface area contributed by atoms with Crippen LogP contribution in [0.4, 0.5) is 0 Å². The number of ether oxygens (including phenoxy) is 3. The summed E-state index contributed by atoms with van der Waals surface area (Å²) in [5.41, 5.74) is 2.90. The number of amides is 1. The van der Waals surface area contributed by atoms with Crippen molar-refractivity contribution in [2.45, 2.75) is 19.4 Å². The fraction of sp³-hybridized carbons (Fsp3) is 0.321. The smallest absolute Gasteiger partial charge is 0.331 e. The maximum Gasteiger partial charge on any atom is 0.331 e. The molecule has 0 saturated carbocycles. The van der Waals surface area contributed by atoms with Crippen molar-refractivity contribution >= 4 is 27.8 Å². The van der Waals surface area contributed by atoms with E-state index in [1.807, 2.05) is 48.5 Å². The van der Waals surface area contributed by atoms with Crippen LogP contribution in [0.5, 0.6) is 11.5 Å². The number of hydrogen-bond donors (Lipinski definition) is 0. The van der Waals surface area contributed by atoms with E-state index in [0.29, 0.717) is 48.9 Å². The number of esters is 1. The highest BCUT2D eigenvalue weighted by Gasteiger charge is 2.34. The van der Waals surface area contributed by atoms with Crippen molar-refractivity contribution in [1.29, 1.82) is 0 Å². The summed E-state index contributed by atoms with van der Waals surface area (Å²) in [5, 5.41) is 4.75. The Morgan fingerprint density at radius 3 is 2.62 bits per heavy atom. The molecule has 3 aromatic rings. The van der Waals surface area contributed by atoms with Crippen LogP contribution >= 0.6 is 0 Å². The topological polar surface area (TPSA) is 117 Å². The third-order valence-electron chi connectivity index (χ3n) is 6.63. The normalized spacial score (nSPS) is 17.7. The van der Waals surface area contributed by atoms with Gasteiger partial charge in [-0.15, -0.1) is 0 Å². The number of rotatable bonds is 8. The molecule has 39 heavy (non-hydrogen) atoms. The number of para-hydroxylation sites is 1. The molecule has 2 aliphatic heterocycles. The highest BCUT2D eigenvalue weighted by molar-refractivity contribution is 7.91. The van der Waals surface area contributed by atoms with E-state index >= 15 is 0 Å². The summed E-state index contributed by atoms with van der Waals surface area (Å²) in [7, 11) is -3.14. The SMILES string of the molecule is CCN(C(=O)COC(=O)/C=C/c1cn(-c2ccccc2)nc1-c1ccc2c(c1)OCCO2)C1CCS(=O)(=O)C1. The summed E-state index contributed by atoms with van der Waals surface area (Å²) < 4.78 is 41.9. The predicted molar refractivity (Wildman–Crippen MR) is 144 cm³/mol. The highest BCUT2D eigenvalue weighted by Crippen LogP contribution is 2.35. The molecule has 1 saturated heterocycles. The molecule has 1 aromatic heterocycles. The van der Waals surface area contributed by atoms with Gasteiger partial charge in [0.2, 0.25) is 0 Å². The van der Waals surface area contributed by atoms with Gasteiger partial charge in [0.05, 0.1) is 17.2 Å². The number of nitrogens with zero attached hydrogens (tertiary/aromatic N) is 3. The van der Waals surface area contributed by atoms with Crippen LogP contribution in [0.25, 0.3) is 23.0 Å². The molecule has 0 aliphatic carbocycles. The second-order valence-corrected chi connectivity index (χ2v) is 11.5. The molecule has 0 bridgehead atoms. The Morgan fingerprint density at radius 2 is 1.90 bits per heavy atom. The predicted octanol–water partition coefficient (Wildman–Crippen LogP) is 2.90. The fourth-order valence-corrected chi connectivity index (χ4v) is 6.45. The van der Waals surface area contributed by atoms with Crippen molar-refractivity contribution in [3.63, 3.8) is 0 Å². The van der Waals surface area contributed by atoms with E-state index in [1.54, 1.807) is 23.9 Å². The van der Waals surface area contributed by atoms with Crippen LogP contribution in [0.3, 0.4) is 0 Å². The molecule has 0 N–H and O–H groups in total. The number of likely N-dealkylation sites (N-methyl/N-ethyl adjacent to an activating group) is 1. The van der Waals surface area contributed by atoms with E-state index in [4.69, 9.17) is 19.3 Å². The molecule has 204 valence electrons. The molecule has 2 aliphatic rings. The van der Waals surface area contributed by atoms with Crippen LogP contribution in [-0.2, 0) is 24.2 Å². The summed E-state index contributed by atoms with van der Waals surface area (Å²) >= 11 is 0. The van der Waals surface area contributed by atoms with Gasteiger partial charge in [-0.3, -0.25) is 4.79 Å². The molecule has 1 fully saturated rings. The zero-order chi connectivity index (χ0) is 27.4. The van der Waals surface area contributed by atoms with Gasteiger partial charge in [0.25, 0.3) is 5.91 Å². The summed E-state index contributed by atoms with van der Waals surface area (Å²) in [6, 6.07) is 14.7. The molecule has 0 radical (unpaired) electrons. The van der Waals surface area contributed by atoms with Crippen molar-refractivity contribution in [1.82, 2.24) is 14.7 Å². The van der Waals surface area contributed by atoms with E-state index in [1.165, 1.54) is 11.0 Å². The molecular weight excluding hydrogens is 522 g/mol. The minimum atomic E-state index is -3.14. The highest BCUT2D eigenvalue weighted by atomic mass is 32.2. The van der Waals surface area contributed by atoms with Gasteiger partial charge < -0.3 is 19.1 Å². The van der Waals surface area contributed by atoms with Crippen LogP contribution in [-0.4, -0.2) is 78.9 Å². The molecule has 11 heteroatoms. The molecule has 1 amide bonds. The molecule has 3 heterocycles. The lowest BCUT2D eigenvalue weighted by molar-refractivity contribution is -0.149. The lowest BCUT2D eigenvalue weighted by Gasteiger charge is -2.26. The number of fused-ring (bicyclic) bond motifs is 1. The van der Waals surface area contributed by atoms with Gasteiger partial charge >= 0.3 is 5.97 Å². The minimum Gasteiger partial charge on any atom is -0.486 e. The monoisotopic (exact) mass is 551 g/mol. The zero-order valence-electron chi connectivity index (χ0n) is 21.5. The van der Waals surface area contributed by atoms with E-state index in [0.717, 1.165) is 11.3 Å². The Bertz CT molecular complexity index is 1500. The maximum atomic E-state index is 12.7. The molecule has 2 aromatic carbocycles. The molecule has 0 spiro atoms.